The third kappa shape index (κ3) is 12.6. The van der Waals surface area contributed by atoms with Gasteiger partial charge in [0.05, 0.1) is 6.61 Å². The van der Waals surface area contributed by atoms with E-state index in [0.29, 0.717) is 17.6 Å². The Morgan fingerprint density at radius 2 is 1.53 bits per heavy atom. The number of thioether (sulfide) groups is 1. The van der Waals surface area contributed by atoms with Gasteiger partial charge in [-0.05, 0) is 41.8 Å². The zero-order valence-electron chi connectivity index (χ0n) is 18.2. The average Bonchev–Trinajstić information content (AvgIpc) is 2.73. The Morgan fingerprint density at radius 3 is 2.07 bits per heavy atom. The molecule has 2 N–H and O–H groups in total. The van der Waals surface area contributed by atoms with Crippen LogP contribution in [-0.2, 0) is 9.53 Å². The van der Waals surface area contributed by atoms with E-state index in [-0.39, 0.29) is 5.97 Å². The number of benzene rings is 1. The van der Waals surface area contributed by atoms with Crippen LogP contribution in [0.3, 0.4) is 0 Å². The molecule has 7 heteroatoms. The summed E-state index contributed by atoms with van der Waals surface area (Å²) < 4.78 is 5.09. The maximum absolute atomic E-state index is 11.2. The second-order valence-electron chi connectivity index (χ2n) is 7.63. The molecule has 0 heterocycles. The molecular formula is C23H36BO4PS. The first-order valence-electron chi connectivity index (χ1n) is 10.9. The largest absolute Gasteiger partial charge is 0.488 e. The van der Waals surface area contributed by atoms with Crippen LogP contribution in [0.25, 0.3) is 0 Å². The van der Waals surface area contributed by atoms with Gasteiger partial charge in [-0.3, -0.25) is 0 Å². The van der Waals surface area contributed by atoms with Crippen molar-refractivity contribution < 1.29 is 19.6 Å². The van der Waals surface area contributed by atoms with Crippen molar-refractivity contribution >= 4 is 44.5 Å². The number of unbranched alkanes of at least 4 members (excludes halogenated alkanes) is 8. The lowest BCUT2D eigenvalue weighted by atomic mass is 9.80. The predicted octanol–water partition coefficient (Wildman–Crippen LogP) is 4.39. The van der Waals surface area contributed by atoms with Crippen LogP contribution >= 0.6 is 20.6 Å². The lowest BCUT2D eigenvalue weighted by molar-refractivity contribution is -0.139. The lowest BCUT2D eigenvalue weighted by Gasteiger charge is -2.07. The maximum Gasteiger partial charge on any atom is 0.488 e. The predicted molar refractivity (Wildman–Crippen MR) is 133 cm³/mol. The molecular weight excluding hydrogens is 414 g/mol. The Hall–Kier alpha value is -1.07. The van der Waals surface area contributed by atoms with Crippen molar-refractivity contribution in [3.63, 3.8) is 0 Å². The van der Waals surface area contributed by atoms with E-state index < -0.39 is 7.12 Å². The molecule has 0 spiro atoms. The Balaban J connectivity index is 1.90. The van der Waals surface area contributed by atoms with Crippen molar-refractivity contribution in [2.24, 2.45) is 0 Å². The van der Waals surface area contributed by atoms with Crippen molar-refractivity contribution in [1.82, 2.24) is 0 Å². The van der Waals surface area contributed by atoms with E-state index >= 15 is 0 Å². The molecule has 1 aromatic rings. The van der Waals surface area contributed by atoms with Crippen molar-refractivity contribution in [3.8, 4) is 0 Å². The molecule has 0 bridgehead atoms. The summed E-state index contributed by atoms with van der Waals surface area (Å²) in [5, 5.41) is 19.4. The average molecular weight is 450 g/mol. The third-order valence-corrected chi connectivity index (χ3v) is 6.61. The van der Waals surface area contributed by atoms with Crippen LogP contribution in [0, 0.1) is 0 Å². The zero-order valence-corrected chi connectivity index (χ0v) is 20.0. The van der Waals surface area contributed by atoms with Crippen LogP contribution in [0.4, 0.5) is 0 Å². The van der Waals surface area contributed by atoms with Gasteiger partial charge in [-0.15, -0.1) is 8.86 Å². The number of hydrogen-bond donors (Lipinski definition) is 2. The molecule has 0 atom stereocenters. The lowest BCUT2D eigenvalue weighted by Crippen LogP contribution is -2.29. The summed E-state index contributed by atoms with van der Waals surface area (Å²) >= 11 is 1.92. The summed E-state index contributed by atoms with van der Waals surface area (Å²) in [6.07, 6.45) is 10.9. The molecule has 0 aromatic heterocycles. The highest BCUT2D eigenvalue weighted by molar-refractivity contribution is 8.00. The highest BCUT2D eigenvalue weighted by atomic mass is 32.2. The summed E-state index contributed by atoms with van der Waals surface area (Å²) in [4.78, 5) is 11.2. The van der Waals surface area contributed by atoms with E-state index in [0.717, 1.165) is 35.2 Å². The van der Waals surface area contributed by atoms with Crippen LogP contribution < -0.4 is 5.46 Å². The fraction of sp³-hybridized carbons (Fsp3) is 0.565. The molecule has 0 unspecified atom stereocenters. The summed E-state index contributed by atoms with van der Waals surface area (Å²) in [7, 11) is 2.28. The van der Waals surface area contributed by atoms with E-state index in [2.05, 4.69) is 15.4 Å². The Bertz CT molecular complexity index is 649. The highest BCUT2D eigenvalue weighted by Gasteiger charge is 2.10. The van der Waals surface area contributed by atoms with Gasteiger partial charge in [0.15, 0.2) is 0 Å². The van der Waals surface area contributed by atoms with Gasteiger partial charge in [-0.2, -0.15) is 11.8 Å². The number of carbonyl (C=O) groups is 1. The van der Waals surface area contributed by atoms with Gasteiger partial charge < -0.3 is 14.8 Å². The molecule has 0 aliphatic carbocycles. The first-order chi connectivity index (χ1) is 14.4. The van der Waals surface area contributed by atoms with Gasteiger partial charge >= 0.3 is 13.1 Å². The third-order valence-electron chi connectivity index (χ3n) is 4.82. The summed E-state index contributed by atoms with van der Waals surface area (Å²) in [5.41, 5.74) is 2.06. The Morgan fingerprint density at radius 1 is 1.00 bits per heavy atom. The molecule has 1 aromatic carbocycles. The molecule has 0 saturated heterocycles. The van der Waals surface area contributed by atoms with Gasteiger partial charge in [0.2, 0.25) is 0 Å². The van der Waals surface area contributed by atoms with Crippen LogP contribution in [0.5, 0.6) is 0 Å². The molecule has 0 aliphatic heterocycles. The number of ether oxygens (including phenoxy) is 1. The SMILES string of the molecule is C=C(C)C(=O)OCCCCCCCCCCCSCC(=P)c1ccc(B(O)O)cc1. The van der Waals surface area contributed by atoms with Crippen LogP contribution in [0.1, 0.15) is 70.3 Å². The van der Waals surface area contributed by atoms with E-state index in [4.69, 9.17) is 14.8 Å². The maximum atomic E-state index is 11.2. The van der Waals surface area contributed by atoms with Crippen LogP contribution in [0.2, 0.25) is 0 Å². The van der Waals surface area contributed by atoms with E-state index in [1.54, 1.807) is 19.1 Å². The topological polar surface area (TPSA) is 66.8 Å². The summed E-state index contributed by atoms with van der Waals surface area (Å²) in [6.45, 7) is 5.75. The number of carbonyl (C=O) groups excluding carboxylic acids is 1. The quantitative estimate of drug-likeness (QED) is 0.121. The molecule has 1 rings (SSSR count). The fourth-order valence-electron chi connectivity index (χ4n) is 2.95. The molecule has 30 heavy (non-hydrogen) atoms. The number of hydrogen-bond acceptors (Lipinski definition) is 5. The van der Waals surface area contributed by atoms with Crippen molar-refractivity contribution in [1.29, 1.82) is 0 Å². The molecule has 0 saturated carbocycles. The van der Waals surface area contributed by atoms with Crippen molar-refractivity contribution in [3.05, 3.63) is 42.0 Å². The van der Waals surface area contributed by atoms with Gasteiger partial charge in [0.25, 0.3) is 0 Å². The van der Waals surface area contributed by atoms with Crippen molar-refractivity contribution in [2.45, 2.75) is 64.7 Å². The molecule has 0 radical (unpaired) electrons. The number of esters is 1. The van der Waals surface area contributed by atoms with E-state index in [1.807, 2.05) is 23.9 Å². The molecule has 0 fully saturated rings. The summed E-state index contributed by atoms with van der Waals surface area (Å²) in [5.74, 6) is 1.81. The minimum Gasteiger partial charge on any atom is -0.462 e. The van der Waals surface area contributed by atoms with E-state index in [1.165, 1.54) is 44.9 Å². The minimum absolute atomic E-state index is 0.282. The Kier molecular flexibility index (Phi) is 14.9. The molecule has 4 nitrogen and oxygen atoms in total. The molecule has 0 amide bonds. The fourth-order valence-corrected chi connectivity index (χ4v) is 4.34. The molecule has 166 valence electrons. The van der Waals surface area contributed by atoms with Crippen molar-refractivity contribution in [2.75, 3.05) is 18.1 Å². The smallest absolute Gasteiger partial charge is 0.462 e. The van der Waals surface area contributed by atoms with Gasteiger partial charge in [-0.1, -0.05) is 75.8 Å². The highest BCUT2D eigenvalue weighted by Crippen LogP contribution is 2.14. The second kappa shape index (κ2) is 16.6. The van der Waals surface area contributed by atoms with Gasteiger partial charge in [-0.25, -0.2) is 4.79 Å². The van der Waals surface area contributed by atoms with E-state index in [9.17, 15) is 4.79 Å². The monoisotopic (exact) mass is 450 g/mol. The standard InChI is InChI=1S/C23H36BO4PS/c1-19(2)23(25)28-16-10-8-6-4-3-5-7-9-11-17-30-18-22(29)20-12-14-21(15-13-20)24(26)27/h12-15,26-27,29H,1,3-11,16-18H2,2H3. The minimum atomic E-state index is -1.41. The Labute approximate surface area is 188 Å². The second-order valence-corrected chi connectivity index (χ2v) is 9.33. The number of rotatable bonds is 17. The van der Waals surface area contributed by atoms with Crippen LogP contribution in [-0.4, -0.2) is 46.5 Å². The normalized spacial score (nSPS) is 10.6. The first-order valence-corrected chi connectivity index (χ1v) is 12.5. The summed E-state index contributed by atoms with van der Waals surface area (Å²) in [6, 6.07) is 7.30. The zero-order chi connectivity index (χ0) is 22.2. The van der Waals surface area contributed by atoms with Gasteiger partial charge in [0, 0.05) is 11.3 Å². The first kappa shape index (κ1) is 27.0. The van der Waals surface area contributed by atoms with Crippen LogP contribution in [0.15, 0.2) is 36.4 Å². The van der Waals surface area contributed by atoms with Gasteiger partial charge in [0.1, 0.15) is 0 Å². The molecule has 0 aliphatic rings.